The molecule has 0 aliphatic carbocycles. The second-order valence-electron chi connectivity index (χ2n) is 4.56. The van der Waals surface area contributed by atoms with Gasteiger partial charge in [0.25, 0.3) is 0 Å². The van der Waals surface area contributed by atoms with E-state index in [-0.39, 0.29) is 18.1 Å². The van der Waals surface area contributed by atoms with Crippen molar-refractivity contribution in [1.82, 2.24) is 15.5 Å². The molecule has 2 N–H and O–H groups in total. The molecule has 0 bridgehead atoms. The number of amides is 2. The Morgan fingerprint density at radius 3 is 3.00 bits per heavy atom. The van der Waals surface area contributed by atoms with Crippen LogP contribution in [0.25, 0.3) is 0 Å². The molecule has 0 spiro atoms. The van der Waals surface area contributed by atoms with E-state index < -0.39 is 5.97 Å². The van der Waals surface area contributed by atoms with Crippen molar-refractivity contribution in [3.8, 4) is 0 Å². The quantitative estimate of drug-likeness (QED) is 0.873. The van der Waals surface area contributed by atoms with Gasteiger partial charge in [-0.3, -0.25) is 4.90 Å². The first-order chi connectivity index (χ1) is 10.1. The summed E-state index contributed by atoms with van der Waals surface area (Å²) in [4.78, 5) is 28.5. The fourth-order valence-corrected chi connectivity index (χ4v) is 2.27. The number of hydrogen-bond donors (Lipinski definition) is 2. The first-order valence-corrected chi connectivity index (χ1v) is 6.32. The number of aromatic carboxylic acids is 1. The molecule has 108 valence electrons. The molecule has 3 rings (SSSR count). The molecule has 0 unspecified atom stereocenters. The minimum absolute atomic E-state index is 0.175. The molecule has 0 saturated carbocycles. The smallest absolute Gasteiger partial charge is 0.335 e. The zero-order chi connectivity index (χ0) is 14.8. The lowest BCUT2D eigenvalue weighted by Gasteiger charge is -2.17. The maximum Gasteiger partial charge on any atom is 0.335 e. The molecule has 21 heavy (non-hydrogen) atoms. The Balaban J connectivity index is 1.71. The highest BCUT2D eigenvalue weighted by atomic mass is 16.5. The molecule has 1 aliphatic rings. The van der Waals surface area contributed by atoms with Gasteiger partial charge in [0.15, 0.2) is 5.82 Å². The molecule has 2 aromatic rings. The first kappa shape index (κ1) is 13.1. The summed E-state index contributed by atoms with van der Waals surface area (Å²) in [7, 11) is 0. The minimum Gasteiger partial charge on any atom is -0.478 e. The summed E-state index contributed by atoms with van der Waals surface area (Å²) in [6.07, 6.45) is 1.83. The fourth-order valence-electron chi connectivity index (χ4n) is 2.27. The van der Waals surface area contributed by atoms with Crippen LogP contribution in [0.4, 0.5) is 10.5 Å². The van der Waals surface area contributed by atoms with E-state index in [0.29, 0.717) is 18.8 Å². The second-order valence-corrected chi connectivity index (χ2v) is 4.56. The van der Waals surface area contributed by atoms with Crippen LogP contribution in [0.2, 0.25) is 0 Å². The number of hydrogen-bond acceptors (Lipinski definition) is 5. The van der Waals surface area contributed by atoms with Crippen molar-refractivity contribution in [3.05, 3.63) is 41.5 Å². The van der Waals surface area contributed by atoms with Crippen LogP contribution in [0.15, 0.2) is 29.1 Å². The number of nitrogens with one attached hydrogen (secondary N) is 1. The van der Waals surface area contributed by atoms with Crippen molar-refractivity contribution < 1.29 is 19.2 Å². The van der Waals surface area contributed by atoms with E-state index in [1.165, 1.54) is 12.5 Å². The van der Waals surface area contributed by atoms with Crippen LogP contribution in [0.1, 0.15) is 21.7 Å². The molecular formula is C13H12N4O4. The van der Waals surface area contributed by atoms with Gasteiger partial charge >= 0.3 is 12.0 Å². The highest BCUT2D eigenvalue weighted by molar-refractivity contribution is 5.95. The van der Waals surface area contributed by atoms with Crippen LogP contribution in [0.5, 0.6) is 0 Å². The van der Waals surface area contributed by atoms with Gasteiger partial charge < -0.3 is 14.9 Å². The average Bonchev–Trinajstić information content (AvgIpc) is 3.13. The van der Waals surface area contributed by atoms with E-state index in [1.54, 1.807) is 17.0 Å². The van der Waals surface area contributed by atoms with Gasteiger partial charge in [-0.1, -0.05) is 5.16 Å². The normalized spacial score (nSPS) is 13.0. The van der Waals surface area contributed by atoms with E-state index >= 15 is 0 Å². The number of anilines is 1. The van der Waals surface area contributed by atoms with Gasteiger partial charge in [0.1, 0.15) is 0 Å². The molecule has 8 heteroatoms. The Morgan fingerprint density at radius 1 is 1.43 bits per heavy atom. The summed E-state index contributed by atoms with van der Waals surface area (Å²) in [6.45, 7) is 0.685. The van der Waals surface area contributed by atoms with E-state index in [1.807, 2.05) is 0 Å². The van der Waals surface area contributed by atoms with Crippen LogP contribution in [-0.4, -0.2) is 33.8 Å². The van der Waals surface area contributed by atoms with Crippen molar-refractivity contribution in [2.24, 2.45) is 0 Å². The second kappa shape index (κ2) is 5.23. The zero-order valence-corrected chi connectivity index (χ0v) is 10.9. The number of benzene rings is 1. The number of carboxylic acid groups (broad SMARTS) is 1. The van der Waals surface area contributed by atoms with Gasteiger partial charge in [-0.05, 0) is 30.2 Å². The van der Waals surface area contributed by atoms with E-state index in [0.717, 1.165) is 11.3 Å². The van der Waals surface area contributed by atoms with Crippen LogP contribution >= 0.6 is 0 Å². The third-order valence-corrected chi connectivity index (χ3v) is 3.27. The summed E-state index contributed by atoms with van der Waals surface area (Å²) < 4.78 is 4.58. The average molecular weight is 288 g/mol. The van der Waals surface area contributed by atoms with Crippen molar-refractivity contribution in [1.29, 1.82) is 0 Å². The number of urea groups is 1. The molecule has 0 radical (unpaired) electrons. The van der Waals surface area contributed by atoms with Gasteiger partial charge in [0.2, 0.25) is 6.39 Å². The molecule has 0 fully saturated rings. The van der Waals surface area contributed by atoms with Crippen molar-refractivity contribution in [2.45, 2.75) is 13.0 Å². The monoisotopic (exact) mass is 288 g/mol. The molecule has 1 aliphatic heterocycles. The Kier molecular flexibility index (Phi) is 3.27. The minimum atomic E-state index is -0.974. The summed E-state index contributed by atoms with van der Waals surface area (Å²) >= 11 is 0. The molecule has 2 heterocycles. The van der Waals surface area contributed by atoms with E-state index in [2.05, 4.69) is 20.0 Å². The van der Waals surface area contributed by atoms with Crippen LogP contribution in [-0.2, 0) is 13.0 Å². The van der Waals surface area contributed by atoms with Crippen molar-refractivity contribution in [2.75, 3.05) is 11.4 Å². The van der Waals surface area contributed by atoms with E-state index in [9.17, 15) is 9.59 Å². The number of rotatable bonds is 3. The fraction of sp³-hybridized carbons (Fsp3) is 0.231. The number of carbonyl (C=O) groups excluding carboxylic acids is 1. The molecule has 2 amide bonds. The lowest BCUT2D eigenvalue weighted by Crippen LogP contribution is -2.38. The highest BCUT2D eigenvalue weighted by Gasteiger charge is 2.25. The van der Waals surface area contributed by atoms with Gasteiger partial charge in [0, 0.05) is 12.2 Å². The molecule has 1 aromatic carbocycles. The molecule has 0 saturated heterocycles. The predicted octanol–water partition coefficient (Wildman–Crippen LogP) is 1.04. The standard InChI is InChI=1S/C13H12N4O4/c18-12(19)9-1-2-10-8(5-9)3-4-17(10)13(20)14-6-11-15-7-21-16-11/h1-2,5,7H,3-4,6H2,(H,14,20)(H,18,19). The highest BCUT2D eigenvalue weighted by Crippen LogP contribution is 2.28. The Hall–Kier alpha value is -2.90. The number of fused-ring (bicyclic) bond motifs is 1. The van der Waals surface area contributed by atoms with Crippen molar-refractivity contribution >= 4 is 17.7 Å². The van der Waals surface area contributed by atoms with Crippen LogP contribution in [0.3, 0.4) is 0 Å². The lowest BCUT2D eigenvalue weighted by molar-refractivity contribution is 0.0697. The van der Waals surface area contributed by atoms with Gasteiger partial charge in [-0.25, -0.2) is 9.59 Å². The summed E-state index contributed by atoms with van der Waals surface area (Å²) in [5.74, 6) is -0.582. The number of carboxylic acids is 1. The Labute approximate surface area is 119 Å². The van der Waals surface area contributed by atoms with Crippen molar-refractivity contribution in [3.63, 3.8) is 0 Å². The molecular weight excluding hydrogens is 276 g/mol. The maximum absolute atomic E-state index is 12.1. The predicted molar refractivity (Wildman–Crippen MR) is 71.0 cm³/mol. The molecule has 1 aromatic heterocycles. The van der Waals surface area contributed by atoms with Gasteiger partial charge in [-0.2, -0.15) is 4.98 Å². The maximum atomic E-state index is 12.1. The topological polar surface area (TPSA) is 109 Å². The SMILES string of the molecule is O=C(O)c1ccc2c(c1)CCN2C(=O)NCc1ncon1. The van der Waals surface area contributed by atoms with Crippen LogP contribution < -0.4 is 10.2 Å². The Morgan fingerprint density at radius 2 is 2.29 bits per heavy atom. The van der Waals surface area contributed by atoms with Gasteiger partial charge in [0.05, 0.1) is 12.1 Å². The Bertz CT molecular complexity index is 683. The third kappa shape index (κ3) is 2.55. The summed E-state index contributed by atoms with van der Waals surface area (Å²) in [6, 6.07) is 4.47. The molecule has 8 nitrogen and oxygen atoms in total. The van der Waals surface area contributed by atoms with Gasteiger partial charge in [-0.15, -0.1) is 0 Å². The summed E-state index contributed by atoms with van der Waals surface area (Å²) in [5, 5.41) is 15.3. The number of carbonyl (C=O) groups is 2. The first-order valence-electron chi connectivity index (χ1n) is 6.32. The molecule has 0 atom stereocenters. The zero-order valence-electron chi connectivity index (χ0n) is 10.9. The third-order valence-electron chi connectivity index (χ3n) is 3.27. The lowest BCUT2D eigenvalue weighted by atomic mass is 10.1. The number of aromatic nitrogens is 2. The van der Waals surface area contributed by atoms with Crippen LogP contribution in [0, 0.1) is 0 Å². The largest absolute Gasteiger partial charge is 0.478 e. The summed E-state index contributed by atoms with van der Waals surface area (Å²) in [5.41, 5.74) is 1.80. The van der Waals surface area contributed by atoms with E-state index in [4.69, 9.17) is 5.11 Å². The number of nitrogens with zero attached hydrogens (tertiary/aromatic N) is 3.